The van der Waals surface area contributed by atoms with Gasteiger partial charge in [0.15, 0.2) is 0 Å². The van der Waals surface area contributed by atoms with Crippen molar-refractivity contribution in [2.45, 2.75) is 24.0 Å². The van der Waals surface area contributed by atoms with Crippen molar-refractivity contribution in [1.82, 2.24) is 10.3 Å². The Morgan fingerprint density at radius 3 is 2.65 bits per heavy atom. The summed E-state index contributed by atoms with van der Waals surface area (Å²) in [5.74, 6) is 0.282. The number of carbonyl (C=O) groups is 2. The Labute approximate surface area is 143 Å². The standard InChI is InChI=1S/C16H18N2O3S2/c1-11-18-13(9-22-11)10-23-14-5-3-12(4-6-14)16(20)17-8-7-15(19)21-2/h3-6,9H,7-8,10H2,1-2H3,(H,17,20). The Morgan fingerprint density at radius 2 is 2.04 bits per heavy atom. The summed E-state index contributed by atoms with van der Waals surface area (Å²) in [7, 11) is 1.33. The van der Waals surface area contributed by atoms with Crippen molar-refractivity contribution < 1.29 is 14.3 Å². The molecule has 0 aliphatic heterocycles. The van der Waals surface area contributed by atoms with E-state index in [9.17, 15) is 9.59 Å². The van der Waals surface area contributed by atoms with Gasteiger partial charge in [-0.1, -0.05) is 0 Å². The van der Waals surface area contributed by atoms with Gasteiger partial charge in [-0.15, -0.1) is 23.1 Å². The monoisotopic (exact) mass is 350 g/mol. The Balaban J connectivity index is 1.81. The maximum Gasteiger partial charge on any atom is 0.307 e. The third-order valence-corrected chi connectivity index (χ3v) is 4.88. The minimum Gasteiger partial charge on any atom is -0.469 e. The van der Waals surface area contributed by atoms with Gasteiger partial charge in [0, 0.05) is 28.1 Å². The maximum atomic E-state index is 11.9. The van der Waals surface area contributed by atoms with Gasteiger partial charge in [0.25, 0.3) is 5.91 Å². The molecule has 0 aliphatic carbocycles. The average molecular weight is 350 g/mol. The molecule has 1 N–H and O–H groups in total. The summed E-state index contributed by atoms with van der Waals surface area (Å²) in [6.45, 7) is 2.26. The number of esters is 1. The van der Waals surface area contributed by atoms with Crippen LogP contribution in [0, 0.1) is 6.92 Å². The molecule has 0 aliphatic rings. The van der Waals surface area contributed by atoms with E-state index in [1.165, 1.54) is 7.11 Å². The fraction of sp³-hybridized carbons (Fsp3) is 0.312. The lowest BCUT2D eigenvalue weighted by atomic mass is 10.2. The molecule has 0 fully saturated rings. The number of aromatic nitrogens is 1. The quantitative estimate of drug-likeness (QED) is 0.614. The van der Waals surface area contributed by atoms with Crippen molar-refractivity contribution in [3.63, 3.8) is 0 Å². The zero-order chi connectivity index (χ0) is 16.7. The van der Waals surface area contributed by atoms with Crippen LogP contribution in [0.1, 0.15) is 27.5 Å². The van der Waals surface area contributed by atoms with Crippen molar-refractivity contribution in [3.8, 4) is 0 Å². The highest BCUT2D eigenvalue weighted by molar-refractivity contribution is 7.98. The molecule has 0 unspecified atom stereocenters. The topological polar surface area (TPSA) is 68.3 Å². The van der Waals surface area contributed by atoms with Crippen LogP contribution >= 0.6 is 23.1 Å². The molecule has 1 heterocycles. The van der Waals surface area contributed by atoms with Crippen molar-refractivity contribution in [2.24, 2.45) is 0 Å². The zero-order valence-corrected chi connectivity index (χ0v) is 14.6. The molecular formula is C16H18N2O3S2. The third kappa shape index (κ3) is 5.69. The molecule has 122 valence electrons. The van der Waals surface area contributed by atoms with Gasteiger partial charge >= 0.3 is 5.97 Å². The van der Waals surface area contributed by atoms with Gasteiger partial charge in [0.1, 0.15) is 0 Å². The number of aryl methyl sites for hydroxylation is 1. The van der Waals surface area contributed by atoms with Crippen molar-refractivity contribution in [3.05, 3.63) is 45.9 Å². The smallest absolute Gasteiger partial charge is 0.307 e. The number of nitrogens with one attached hydrogen (secondary N) is 1. The number of nitrogens with zero attached hydrogens (tertiary/aromatic N) is 1. The van der Waals surface area contributed by atoms with Crippen LogP contribution in [0.2, 0.25) is 0 Å². The number of rotatable bonds is 7. The highest BCUT2D eigenvalue weighted by atomic mass is 32.2. The van der Waals surface area contributed by atoms with E-state index < -0.39 is 0 Å². The molecule has 0 saturated carbocycles. The first-order valence-corrected chi connectivity index (χ1v) is 8.94. The van der Waals surface area contributed by atoms with Crippen LogP contribution in [0.3, 0.4) is 0 Å². The average Bonchev–Trinajstić information content (AvgIpc) is 2.98. The summed E-state index contributed by atoms with van der Waals surface area (Å²) in [6.07, 6.45) is 0.170. The summed E-state index contributed by atoms with van der Waals surface area (Å²) in [6, 6.07) is 7.39. The summed E-state index contributed by atoms with van der Waals surface area (Å²) in [4.78, 5) is 28.4. The highest BCUT2D eigenvalue weighted by Crippen LogP contribution is 2.23. The molecule has 0 spiro atoms. The van der Waals surface area contributed by atoms with E-state index in [0.717, 1.165) is 21.3 Å². The lowest BCUT2D eigenvalue weighted by Gasteiger charge is -2.05. The van der Waals surface area contributed by atoms with Gasteiger partial charge in [0.2, 0.25) is 0 Å². The van der Waals surface area contributed by atoms with Crippen LogP contribution < -0.4 is 5.32 Å². The van der Waals surface area contributed by atoms with E-state index in [-0.39, 0.29) is 24.8 Å². The largest absolute Gasteiger partial charge is 0.469 e. The van der Waals surface area contributed by atoms with Crippen LogP contribution in [0.5, 0.6) is 0 Å². The minimum atomic E-state index is -0.339. The second kappa shape index (κ2) is 8.69. The van der Waals surface area contributed by atoms with Crippen molar-refractivity contribution >= 4 is 35.0 Å². The molecule has 0 bridgehead atoms. The van der Waals surface area contributed by atoms with E-state index in [1.54, 1.807) is 35.2 Å². The van der Waals surface area contributed by atoms with Crippen LogP contribution in [0.15, 0.2) is 34.5 Å². The van der Waals surface area contributed by atoms with Gasteiger partial charge in [-0.3, -0.25) is 9.59 Å². The lowest BCUT2D eigenvalue weighted by molar-refractivity contribution is -0.140. The van der Waals surface area contributed by atoms with Gasteiger partial charge in [-0.25, -0.2) is 4.98 Å². The number of thiazole rings is 1. The van der Waals surface area contributed by atoms with Crippen LogP contribution in [0.4, 0.5) is 0 Å². The predicted octanol–water partition coefficient (Wildman–Crippen LogP) is 3.04. The number of amides is 1. The van der Waals surface area contributed by atoms with E-state index >= 15 is 0 Å². The van der Waals surface area contributed by atoms with E-state index in [0.29, 0.717) is 5.56 Å². The second-order valence-electron chi connectivity index (χ2n) is 4.75. The molecule has 0 radical (unpaired) electrons. The maximum absolute atomic E-state index is 11.9. The van der Waals surface area contributed by atoms with Crippen molar-refractivity contribution in [2.75, 3.05) is 13.7 Å². The minimum absolute atomic E-state index is 0.170. The zero-order valence-electron chi connectivity index (χ0n) is 13.0. The number of benzene rings is 1. The van der Waals surface area contributed by atoms with E-state index in [1.807, 2.05) is 19.1 Å². The summed E-state index contributed by atoms with van der Waals surface area (Å²) in [5.41, 5.74) is 1.64. The number of hydrogen-bond acceptors (Lipinski definition) is 6. The first-order valence-electron chi connectivity index (χ1n) is 7.07. The number of thioether (sulfide) groups is 1. The summed E-state index contributed by atoms with van der Waals surface area (Å²) in [5, 5.41) is 5.82. The van der Waals surface area contributed by atoms with Gasteiger partial charge in [0.05, 0.1) is 24.2 Å². The normalized spacial score (nSPS) is 10.3. The SMILES string of the molecule is COC(=O)CCNC(=O)c1ccc(SCc2csc(C)n2)cc1. The second-order valence-corrected chi connectivity index (χ2v) is 6.86. The number of carbonyl (C=O) groups excluding carboxylic acids is 2. The molecule has 2 aromatic rings. The molecule has 1 aromatic carbocycles. The van der Waals surface area contributed by atoms with E-state index in [4.69, 9.17) is 0 Å². The third-order valence-electron chi connectivity index (χ3n) is 3.01. The van der Waals surface area contributed by atoms with E-state index in [2.05, 4.69) is 20.4 Å². The fourth-order valence-corrected chi connectivity index (χ4v) is 3.33. The molecule has 0 atom stereocenters. The predicted molar refractivity (Wildman–Crippen MR) is 91.8 cm³/mol. The van der Waals surface area contributed by atoms with Gasteiger partial charge in [-0.05, 0) is 31.2 Å². The lowest BCUT2D eigenvalue weighted by Crippen LogP contribution is -2.26. The van der Waals surface area contributed by atoms with Crippen LogP contribution in [0.25, 0.3) is 0 Å². The highest BCUT2D eigenvalue weighted by Gasteiger charge is 2.07. The Morgan fingerprint density at radius 1 is 1.30 bits per heavy atom. The Bertz CT molecular complexity index is 668. The molecule has 1 aromatic heterocycles. The first-order chi connectivity index (χ1) is 11.1. The Hall–Kier alpha value is -1.86. The molecule has 7 heteroatoms. The molecule has 23 heavy (non-hydrogen) atoms. The van der Waals surface area contributed by atoms with Gasteiger partial charge < -0.3 is 10.1 Å². The number of ether oxygens (including phenoxy) is 1. The first kappa shape index (κ1) is 17.5. The van der Waals surface area contributed by atoms with Crippen LogP contribution in [-0.4, -0.2) is 30.5 Å². The van der Waals surface area contributed by atoms with Crippen LogP contribution in [-0.2, 0) is 15.3 Å². The number of hydrogen-bond donors (Lipinski definition) is 1. The molecule has 0 saturated heterocycles. The fourth-order valence-electron chi connectivity index (χ4n) is 1.82. The Kier molecular flexibility index (Phi) is 6.61. The summed E-state index contributed by atoms with van der Waals surface area (Å²) < 4.78 is 4.52. The number of methoxy groups -OCH3 is 1. The molecule has 5 nitrogen and oxygen atoms in total. The molecular weight excluding hydrogens is 332 g/mol. The van der Waals surface area contributed by atoms with Crippen molar-refractivity contribution in [1.29, 1.82) is 0 Å². The molecule has 1 amide bonds. The summed E-state index contributed by atoms with van der Waals surface area (Å²) >= 11 is 3.33. The molecule has 2 rings (SSSR count). The van der Waals surface area contributed by atoms with Gasteiger partial charge in [-0.2, -0.15) is 0 Å².